The number of rotatable bonds is 0. The predicted molar refractivity (Wildman–Crippen MR) is 44.1 cm³/mol. The summed E-state index contributed by atoms with van der Waals surface area (Å²) >= 11 is 5.09. The molecule has 70 valence electrons. The van der Waals surface area contributed by atoms with Crippen LogP contribution in [-0.4, -0.2) is 42.5 Å². The van der Waals surface area contributed by atoms with Crippen molar-refractivity contribution in [2.75, 3.05) is 20.1 Å². The lowest BCUT2D eigenvalue weighted by atomic mass is 10.4. The number of amides is 1. The zero-order chi connectivity index (χ0) is 9.35. The van der Waals surface area contributed by atoms with Crippen molar-refractivity contribution in [1.82, 2.24) is 8.61 Å². The van der Waals surface area contributed by atoms with Gasteiger partial charge >= 0.3 is 15.6 Å². The van der Waals surface area contributed by atoms with Gasteiger partial charge in [0.25, 0.3) is 0 Å². The van der Waals surface area contributed by atoms with Crippen LogP contribution in [0.4, 0.5) is 4.79 Å². The Kier molecular flexibility index (Phi) is 2.60. The summed E-state index contributed by atoms with van der Waals surface area (Å²) in [6, 6.07) is 0. The molecule has 1 heterocycles. The third-order valence-electron chi connectivity index (χ3n) is 1.70. The number of nitrogens with zero attached hydrogens (tertiary/aromatic N) is 2. The molecule has 0 bridgehead atoms. The van der Waals surface area contributed by atoms with E-state index in [1.807, 2.05) is 0 Å². The molecule has 0 atom stereocenters. The second-order valence-corrected chi connectivity index (χ2v) is 4.79. The molecule has 0 spiro atoms. The summed E-state index contributed by atoms with van der Waals surface area (Å²) in [5.74, 6) is 0. The minimum atomic E-state index is -3.62. The normalized spacial score (nSPS) is 24.0. The van der Waals surface area contributed by atoms with Gasteiger partial charge < -0.3 is 0 Å². The van der Waals surface area contributed by atoms with E-state index in [1.54, 1.807) is 0 Å². The third kappa shape index (κ3) is 1.55. The zero-order valence-electron chi connectivity index (χ0n) is 6.53. The van der Waals surface area contributed by atoms with Gasteiger partial charge in [0.1, 0.15) is 0 Å². The van der Waals surface area contributed by atoms with Crippen LogP contribution in [0.3, 0.4) is 0 Å². The van der Waals surface area contributed by atoms with E-state index in [-0.39, 0.29) is 6.54 Å². The fourth-order valence-corrected chi connectivity index (χ4v) is 2.60. The van der Waals surface area contributed by atoms with Crippen LogP contribution in [-0.2, 0) is 10.2 Å². The molecule has 1 aliphatic rings. The van der Waals surface area contributed by atoms with Crippen molar-refractivity contribution in [2.24, 2.45) is 0 Å². The molecule has 12 heavy (non-hydrogen) atoms. The van der Waals surface area contributed by atoms with E-state index in [4.69, 9.17) is 11.6 Å². The molecule has 0 N–H and O–H groups in total. The smallest absolute Gasteiger partial charge is 0.254 e. The van der Waals surface area contributed by atoms with Gasteiger partial charge in [0.2, 0.25) is 0 Å². The lowest BCUT2D eigenvalue weighted by molar-refractivity contribution is 0.236. The topological polar surface area (TPSA) is 57.7 Å². The van der Waals surface area contributed by atoms with Crippen molar-refractivity contribution in [2.45, 2.75) is 6.42 Å². The highest BCUT2D eigenvalue weighted by atomic mass is 35.5. The van der Waals surface area contributed by atoms with Gasteiger partial charge in [0.05, 0.1) is 0 Å². The fraction of sp³-hybridized carbons (Fsp3) is 0.800. The Morgan fingerprint density at radius 1 is 1.42 bits per heavy atom. The molecular formula is C5H9ClN2O3S. The minimum absolute atomic E-state index is 0.176. The van der Waals surface area contributed by atoms with Gasteiger partial charge in [-0.2, -0.15) is 12.7 Å². The second kappa shape index (κ2) is 3.20. The molecule has 5 nitrogen and oxygen atoms in total. The molecule has 0 aromatic rings. The van der Waals surface area contributed by atoms with Gasteiger partial charge in [-0.3, -0.25) is 4.79 Å². The van der Waals surface area contributed by atoms with Crippen molar-refractivity contribution in [3.05, 3.63) is 0 Å². The van der Waals surface area contributed by atoms with Gasteiger partial charge in [-0.05, 0) is 18.0 Å². The number of carbonyl (C=O) groups is 1. The Hall–Kier alpha value is -0.330. The van der Waals surface area contributed by atoms with Crippen molar-refractivity contribution in [1.29, 1.82) is 0 Å². The lowest BCUT2D eigenvalue weighted by Gasteiger charge is -2.30. The Bertz CT molecular complexity index is 289. The highest BCUT2D eigenvalue weighted by Crippen LogP contribution is 2.15. The molecule has 0 aromatic heterocycles. The Balaban J connectivity index is 2.95. The van der Waals surface area contributed by atoms with Gasteiger partial charge in [0, 0.05) is 20.1 Å². The van der Waals surface area contributed by atoms with E-state index in [2.05, 4.69) is 0 Å². The summed E-state index contributed by atoms with van der Waals surface area (Å²) in [6.07, 6.45) is 0.619. The van der Waals surface area contributed by atoms with Crippen LogP contribution in [0.15, 0.2) is 0 Å². The highest BCUT2D eigenvalue weighted by molar-refractivity contribution is 7.87. The second-order valence-electron chi connectivity index (χ2n) is 2.51. The Morgan fingerprint density at radius 2 is 2.00 bits per heavy atom. The van der Waals surface area contributed by atoms with Crippen molar-refractivity contribution in [3.63, 3.8) is 0 Å². The van der Waals surface area contributed by atoms with E-state index in [0.717, 1.165) is 4.31 Å². The maximum atomic E-state index is 11.3. The molecule has 1 aliphatic heterocycles. The first-order chi connectivity index (χ1) is 5.46. The highest BCUT2D eigenvalue weighted by Gasteiger charge is 2.33. The number of hydrogen-bond donors (Lipinski definition) is 0. The average Bonchev–Trinajstić information content (AvgIpc) is 1.94. The van der Waals surface area contributed by atoms with Gasteiger partial charge in [-0.1, -0.05) is 0 Å². The molecule has 0 aromatic carbocycles. The quantitative estimate of drug-likeness (QED) is 0.427. The first-order valence-corrected chi connectivity index (χ1v) is 5.17. The number of halogens is 1. The summed E-state index contributed by atoms with van der Waals surface area (Å²) in [6.45, 7) is 0.609. The molecule has 0 saturated carbocycles. The maximum absolute atomic E-state index is 11.3. The van der Waals surface area contributed by atoms with Crippen LogP contribution < -0.4 is 0 Å². The molecule has 1 saturated heterocycles. The lowest BCUT2D eigenvalue weighted by Crippen LogP contribution is -2.48. The maximum Gasteiger partial charge on any atom is 0.330 e. The summed E-state index contributed by atoms with van der Waals surface area (Å²) in [4.78, 5) is 10.6. The molecule has 1 fully saturated rings. The molecule has 1 amide bonds. The zero-order valence-corrected chi connectivity index (χ0v) is 8.10. The van der Waals surface area contributed by atoms with Crippen LogP contribution in [0, 0.1) is 0 Å². The van der Waals surface area contributed by atoms with Gasteiger partial charge in [-0.25, -0.2) is 4.31 Å². The van der Waals surface area contributed by atoms with Crippen LogP contribution in [0.1, 0.15) is 6.42 Å². The Labute approximate surface area is 76.1 Å². The van der Waals surface area contributed by atoms with E-state index in [9.17, 15) is 13.2 Å². The monoisotopic (exact) mass is 212 g/mol. The van der Waals surface area contributed by atoms with Crippen LogP contribution in [0.2, 0.25) is 0 Å². The van der Waals surface area contributed by atoms with Crippen molar-refractivity contribution >= 4 is 27.2 Å². The fourth-order valence-electron chi connectivity index (χ4n) is 1.01. The van der Waals surface area contributed by atoms with Gasteiger partial charge in [-0.15, -0.1) is 0 Å². The minimum Gasteiger partial charge on any atom is -0.254 e. The van der Waals surface area contributed by atoms with Crippen molar-refractivity contribution < 1.29 is 13.2 Å². The van der Waals surface area contributed by atoms with E-state index in [0.29, 0.717) is 17.3 Å². The number of hydrogen-bond acceptors (Lipinski definition) is 3. The molecule has 7 heteroatoms. The first-order valence-electron chi connectivity index (χ1n) is 3.39. The standard InChI is InChI=1S/C5H9ClN2O3S/c1-7-3-2-4-8(5(6)9)12(7,10)11/h2-4H2,1H3. The summed E-state index contributed by atoms with van der Waals surface area (Å²) < 4.78 is 24.4. The van der Waals surface area contributed by atoms with E-state index < -0.39 is 15.6 Å². The average molecular weight is 213 g/mol. The Morgan fingerprint density at radius 3 is 2.42 bits per heavy atom. The molecule has 0 aliphatic carbocycles. The SMILES string of the molecule is CN1CCCN(C(=O)Cl)S1(=O)=O. The van der Waals surface area contributed by atoms with E-state index in [1.165, 1.54) is 7.05 Å². The van der Waals surface area contributed by atoms with Crippen LogP contribution in [0.25, 0.3) is 0 Å². The molecular weight excluding hydrogens is 204 g/mol. The number of carbonyl (C=O) groups excluding carboxylic acids is 1. The summed E-state index contributed by atoms with van der Waals surface area (Å²) in [5.41, 5.74) is 0. The molecule has 1 rings (SSSR count). The largest absolute Gasteiger partial charge is 0.330 e. The first kappa shape index (κ1) is 9.76. The van der Waals surface area contributed by atoms with Crippen LogP contribution >= 0.6 is 11.6 Å². The van der Waals surface area contributed by atoms with Crippen molar-refractivity contribution in [3.8, 4) is 0 Å². The summed E-state index contributed by atoms with van der Waals surface area (Å²) in [7, 11) is -2.20. The van der Waals surface area contributed by atoms with E-state index >= 15 is 0 Å². The molecule has 0 radical (unpaired) electrons. The third-order valence-corrected chi connectivity index (χ3v) is 3.88. The molecule has 0 unspecified atom stereocenters. The van der Waals surface area contributed by atoms with Gasteiger partial charge in [0.15, 0.2) is 0 Å². The summed E-state index contributed by atoms with van der Waals surface area (Å²) in [5, 5.41) is -0.943. The van der Waals surface area contributed by atoms with Crippen LogP contribution in [0.5, 0.6) is 0 Å². The predicted octanol–water partition coefficient (Wildman–Crippen LogP) is 0.227.